The Bertz CT molecular complexity index is 824. The van der Waals surface area contributed by atoms with Gasteiger partial charge in [0.25, 0.3) is 0 Å². The third-order valence-corrected chi connectivity index (χ3v) is 5.31. The van der Waals surface area contributed by atoms with Crippen LogP contribution in [0.15, 0.2) is 30.5 Å². The maximum absolute atomic E-state index is 12.6. The number of anilines is 1. The van der Waals surface area contributed by atoms with Crippen LogP contribution in [0.2, 0.25) is 0 Å². The van der Waals surface area contributed by atoms with Crippen molar-refractivity contribution >= 4 is 17.6 Å². The zero-order valence-corrected chi connectivity index (χ0v) is 14.8. The molecule has 1 aliphatic rings. The molecule has 3 rings (SSSR count). The van der Waals surface area contributed by atoms with Gasteiger partial charge in [0.15, 0.2) is 0 Å². The maximum Gasteiger partial charge on any atom is 0.303 e. The van der Waals surface area contributed by atoms with Crippen molar-refractivity contribution in [3.05, 3.63) is 52.8 Å². The fraction of sp³-hybridized carbons (Fsp3) is 0.400. The van der Waals surface area contributed by atoms with E-state index in [4.69, 9.17) is 5.11 Å². The molecule has 132 valence electrons. The van der Waals surface area contributed by atoms with Crippen molar-refractivity contribution in [3.63, 3.8) is 0 Å². The van der Waals surface area contributed by atoms with Gasteiger partial charge in [-0.25, -0.2) is 0 Å². The number of aromatic nitrogens is 1. The third-order valence-electron chi connectivity index (χ3n) is 5.31. The molecule has 0 saturated carbocycles. The number of rotatable bonds is 6. The predicted molar refractivity (Wildman–Crippen MR) is 96.9 cm³/mol. The predicted octanol–water partition coefficient (Wildman–Crippen LogP) is 3.74. The molecule has 0 saturated heterocycles. The van der Waals surface area contributed by atoms with Gasteiger partial charge in [0, 0.05) is 24.0 Å². The van der Waals surface area contributed by atoms with Gasteiger partial charge in [-0.05, 0) is 55.4 Å². The molecule has 2 aromatic rings. The van der Waals surface area contributed by atoms with Crippen LogP contribution in [0, 0.1) is 6.92 Å². The number of carbonyl (C=O) groups excluding carboxylic acids is 1. The number of aromatic amines is 1. The van der Waals surface area contributed by atoms with Crippen molar-refractivity contribution in [2.24, 2.45) is 0 Å². The lowest BCUT2D eigenvalue weighted by molar-refractivity contribution is -0.137. The number of aryl methyl sites for hydroxylation is 1. The summed E-state index contributed by atoms with van der Waals surface area (Å²) in [5, 5.41) is 12.0. The average Bonchev–Trinajstić information content (AvgIpc) is 3.04. The zero-order valence-electron chi connectivity index (χ0n) is 14.8. The summed E-state index contributed by atoms with van der Waals surface area (Å²) in [6, 6.07) is 7.82. The number of benzene rings is 1. The molecule has 1 aromatic carbocycles. The number of aliphatic carboxylic acids is 1. The van der Waals surface area contributed by atoms with Crippen LogP contribution in [0.3, 0.4) is 0 Å². The summed E-state index contributed by atoms with van der Waals surface area (Å²) >= 11 is 0. The zero-order chi connectivity index (χ0) is 18.2. The molecule has 5 nitrogen and oxygen atoms in total. The van der Waals surface area contributed by atoms with Gasteiger partial charge in [-0.3, -0.25) is 9.59 Å². The van der Waals surface area contributed by atoms with Gasteiger partial charge in [0.05, 0.1) is 5.41 Å². The van der Waals surface area contributed by atoms with E-state index in [1.54, 1.807) is 0 Å². The van der Waals surface area contributed by atoms with Crippen LogP contribution in [0.1, 0.15) is 55.0 Å². The molecule has 0 aliphatic carbocycles. The Morgan fingerprint density at radius 2 is 2.04 bits per heavy atom. The number of carboxylic acid groups (broad SMARTS) is 1. The molecule has 1 aliphatic heterocycles. The third kappa shape index (κ3) is 3.06. The molecule has 0 bridgehead atoms. The highest BCUT2D eigenvalue weighted by Gasteiger charge is 2.43. The highest BCUT2D eigenvalue weighted by Crippen LogP contribution is 2.44. The molecule has 0 spiro atoms. The average molecular weight is 340 g/mol. The smallest absolute Gasteiger partial charge is 0.303 e. The molecule has 0 fully saturated rings. The first-order valence-electron chi connectivity index (χ1n) is 8.62. The van der Waals surface area contributed by atoms with Gasteiger partial charge < -0.3 is 15.4 Å². The number of carboxylic acids is 1. The summed E-state index contributed by atoms with van der Waals surface area (Å²) in [7, 11) is 0. The summed E-state index contributed by atoms with van der Waals surface area (Å²) in [5.74, 6) is -0.662. The molecular weight excluding hydrogens is 316 g/mol. The van der Waals surface area contributed by atoms with E-state index in [2.05, 4.69) is 17.2 Å². The van der Waals surface area contributed by atoms with Crippen LogP contribution in [-0.2, 0) is 21.4 Å². The van der Waals surface area contributed by atoms with E-state index in [1.807, 2.05) is 44.3 Å². The minimum atomic E-state index is -0.796. The van der Waals surface area contributed by atoms with Gasteiger partial charge in [0.2, 0.25) is 5.91 Å². The highest BCUT2D eigenvalue weighted by molar-refractivity contribution is 6.05. The minimum Gasteiger partial charge on any atom is -0.481 e. The van der Waals surface area contributed by atoms with Gasteiger partial charge in [-0.2, -0.15) is 0 Å². The standard InChI is InChI=1S/C20H24N2O3/c1-12(18-14(8-9-17(23)24)13(2)11-21-18)10-20(3)15-6-4-5-7-16(15)22-19(20)25/h4-7,11-12,21H,8-10H2,1-3H3,(H,22,25)(H,23,24). The number of para-hydroxylation sites is 1. The SMILES string of the molecule is Cc1c[nH]c(C(C)CC2(C)C(=O)Nc3ccccc32)c1CCC(=O)O. The molecule has 2 unspecified atom stereocenters. The topological polar surface area (TPSA) is 82.2 Å². The first-order valence-corrected chi connectivity index (χ1v) is 8.62. The lowest BCUT2D eigenvalue weighted by atomic mass is 9.75. The van der Waals surface area contributed by atoms with E-state index in [9.17, 15) is 9.59 Å². The maximum atomic E-state index is 12.6. The Hall–Kier alpha value is -2.56. The summed E-state index contributed by atoms with van der Waals surface area (Å²) in [6.07, 6.45) is 3.20. The highest BCUT2D eigenvalue weighted by atomic mass is 16.4. The first kappa shape index (κ1) is 17.3. The largest absolute Gasteiger partial charge is 0.481 e. The molecule has 3 N–H and O–H groups in total. The molecule has 2 atom stereocenters. The van der Waals surface area contributed by atoms with Crippen LogP contribution >= 0.6 is 0 Å². The van der Waals surface area contributed by atoms with E-state index in [0.29, 0.717) is 12.8 Å². The van der Waals surface area contributed by atoms with Crippen LogP contribution < -0.4 is 5.32 Å². The van der Waals surface area contributed by atoms with E-state index in [1.165, 1.54) is 0 Å². The van der Waals surface area contributed by atoms with Crippen molar-refractivity contribution < 1.29 is 14.7 Å². The van der Waals surface area contributed by atoms with Crippen LogP contribution in [-0.4, -0.2) is 22.0 Å². The van der Waals surface area contributed by atoms with Crippen molar-refractivity contribution in [2.75, 3.05) is 5.32 Å². The summed E-state index contributed by atoms with van der Waals surface area (Å²) in [4.78, 5) is 26.9. The van der Waals surface area contributed by atoms with Gasteiger partial charge >= 0.3 is 5.97 Å². The number of fused-ring (bicyclic) bond motifs is 1. The van der Waals surface area contributed by atoms with Gasteiger partial charge in [0.1, 0.15) is 0 Å². The molecular formula is C20H24N2O3. The minimum absolute atomic E-state index is 0.0240. The Labute approximate surface area is 147 Å². The second kappa shape index (κ2) is 6.39. The second-order valence-electron chi connectivity index (χ2n) is 7.19. The number of H-pyrrole nitrogens is 1. The summed E-state index contributed by atoms with van der Waals surface area (Å²) < 4.78 is 0. The first-order chi connectivity index (χ1) is 11.8. The van der Waals surface area contributed by atoms with Crippen molar-refractivity contribution in [1.29, 1.82) is 0 Å². The van der Waals surface area contributed by atoms with Crippen molar-refractivity contribution in [2.45, 2.75) is 51.4 Å². The van der Waals surface area contributed by atoms with E-state index < -0.39 is 11.4 Å². The van der Waals surface area contributed by atoms with Crippen LogP contribution in [0.5, 0.6) is 0 Å². The summed E-state index contributed by atoms with van der Waals surface area (Å²) in [6.45, 7) is 6.07. The van der Waals surface area contributed by atoms with Crippen molar-refractivity contribution in [3.8, 4) is 0 Å². The van der Waals surface area contributed by atoms with Crippen LogP contribution in [0.4, 0.5) is 5.69 Å². The molecule has 5 heteroatoms. The van der Waals surface area contributed by atoms with Gasteiger partial charge in [-0.1, -0.05) is 25.1 Å². The second-order valence-corrected chi connectivity index (χ2v) is 7.19. The van der Waals surface area contributed by atoms with E-state index in [0.717, 1.165) is 28.1 Å². The molecule has 1 aromatic heterocycles. The summed E-state index contributed by atoms with van der Waals surface area (Å²) in [5.41, 5.74) is 4.50. The number of hydrogen-bond acceptors (Lipinski definition) is 2. The number of hydrogen-bond donors (Lipinski definition) is 3. The Morgan fingerprint density at radius 3 is 2.76 bits per heavy atom. The Balaban J connectivity index is 1.87. The number of nitrogens with one attached hydrogen (secondary N) is 2. The fourth-order valence-corrected chi connectivity index (χ4v) is 3.95. The van der Waals surface area contributed by atoms with Gasteiger partial charge in [-0.15, -0.1) is 0 Å². The lowest BCUT2D eigenvalue weighted by Gasteiger charge is -2.26. The fourth-order valence-electron chi connectivity index (χ4n) is 3.95. The Kier molecular flexibility index (Phi) is 4.41. The van der Waals surface area contributed by atoms with E-state index >= 15 is 0 Å². The molecule has 25 heavy (non-hydrogen) atoms. The lowest BCUT2D eigenvalue weighted by Crippen LogP contribution is -2.32. The monoisotopic (exact) mass is 340 g/mol. The number of amides is 1. The normalized spacial score (nSPS) is 20.2. The molecule has 1 amide bonds. The number of carbonyl (C=O) groups is 2. The molecule has 2 heterocycles. The quantitative estimate of drug-likeness (QED) is 0.749. The van der Waals surface area contributed by atoms with Crippen LogP contribution in [0.25, 0.3) is 0 Å². The van der Waals surface area contributed by atoms with Crippen molar-refractivity contribution in [1.82, 2.24) is 4.98 Å². The molecule has 0 radical (unpaired) electrons. The Morgan fingerprint density at radius 1 is 1.32 bits per heavy atom. The van der Waals surface area contributed by atoms with E-state index in [-0.39, 0.29) is 18.2 Å².